The van der Waals surface area contributed by atoms with E-state index in [0.717, 1.165) is 20.9 Å². The minimum absolute atomic E-state index is 0.441. The van der Waals surface area contributed by atoms with E-state index in [9.17, 15) is 39.3 Å². The Hall–Kier alpha value is -5.27. The summed E-state index contributed by atoms with van der Waals surface area (Å²) in [7, 11) is 2.41. The number of carbonyl (C=O) groups excluding carboxylic acids is 2. The van der Waals surface area contributed by atoms with E-state index >= 15 is 0 Å². The maximum atomic E-state index is 14.1. The number of nitrogens with zero attached hydrogens (tertiary/aromatic N) is 2. The van der Waals surface area contributed by atoms with Crippen LogP contribution in [0.25, 0.3) is 0 Å². The van der Waals surface area contributed by atoms with Gasteiger partial charge >= 0.3 is 23.7 Å². The topological polar surface area (TPSA) is 180 Å². The number of hydrogen-bond donors (Lipinski definition) is 3. The standard InChI is InChI=1S/C34H36N2O11/c1-21(36(20-27(37)38)30(39)28-29(31(40)41)47-34(46-28,33(43)44)32(42)35(2)3)26(19-14-22-10-6-4-7-11-22)23-15-17-25(18-16-23)45-24-12-8-5-9-13-24/h4-13,15-18,21,26,28-29H,14,19-20H2,1-3H3,(H,37,38)(H,40,41)(H,43,44)/t21-,26+,28+,29+,34?/m1/s1. The molecule has 1 saturated heterocycles. The Labute approximate surface area is 270 Å². The van der Waals surface area contributed by atoms with Crippen LogP contribution in [0.4, 0.5) is 0 Å². The number of ether oxygens (including phenoxy) is 3. The number of likely N-dealkylation sites (N-methyl/N-ethyl adjacent to an activating group) is 1. The molecular weight excluding hydrogens is 612 g/mol. The molecule has 13 nitrogen and oxygen atoms in total. The van der Waals surface area contributed by atoms with E-state index in [1.54, 1.807) is 43.3 Å². The molecule has 3 aromatic rings. The molecule has 248 valence electrons. The number of amides is 2. The summed E-state index contributed by atoms with van der Waals surface area (Å²) in [5, 5.41) is 29.6. The maximum Gasteiger partial charge on any atom is 0.375 e. The number of aliphatic carboxylic acids is 3. The van der Waals surface area contributed by atoms with E-state index in [0.29, 0.717) is 24.3 Å². The van der Waals surface area contributed by atoms with Gasteiger partial charge in [0.25, 0.3) is 11.8 Å². The van der Waals surface area contributed by atoms with Crippen LogP contribution in [0.3, 0.4) is 0 Å². The van der Waals surface area contributed by atoms with Crippen molar-refractivity contribution in [1.82, 2.24) is 9.80 Å². The molecule has 3 N–H and O–H groups in total. The molecule has 0 saturated carbocycles. The zero-order valence-corrected chi connectivity index (χ0v) is 26.0. The molecule has 2 amide bonds. The highest BCUT2D eigenvalue weighted by Crippen LogP contribution is 2.36. The number of rotatable bonds is 14. The summed E-state index contributed by atoms with van der Waals surface area (Å²) in [6.45, 7) is 0.747. The lowest BCUT2D eigenvalue weighted by Crippen LogP contribution is -2.55. The van der Waals surface area contributed by atoms with Crippen molar-refractivity contribution in [1.29, 1.82) is 0 Å². The van der Waals surface area contributed by atoms with Gasteiger partial charge in [-0.3, -0.25) is 14.4 Å². The molecule has 1 heterocycles. The summed E-state index contributed by atoms with van der Waals surface area (Å²) in [6.07, 6.45) is -3.38. The zero-order chi connectivity index (χ0) is 34.3. The predicted octanol–water partition coefficient (Wildman–Crippen LogP) is 3.23. The van der Waals surface area contributed by atoms with Gasteiger partial charge in [-0.25, -0.2) is 9.59 Å². The molecule has 0 spiro atoms. The molecule has 1 fully saturated rings. The first-order chi connectivity index (χ1) is 22.3. The van der Waals surface area contributed by atoms with Crippen molar-refractivity contribution in [2.45, 2.75) is 49.7 Å². The van der Waals surface area contributed by atoms with Crippen LogP contribution in [0.2, 0.25) is 0 Å². The highest BCUT2D eigenvalue weighted by Gasteiger charge is 2.64. The molecule has 1 aliphatic rings. The van der Waals surface area contributed by atoms with E-state index in [4.69, 9.17) is 14.2 Å². The monoisotopic (exact) mass is 648 g/mol. The normalized spacial score (nSPS) is 20.1. The minimum atomic E-state index is -3.13. The van der Waals surface area contributed by atoms with Crippen molar-refractivity contribution in [3.8, 4) is 11.5 Å². The van der Waals surface area contributed by atoms with Crippen LogP contribution in [-0.4, -0.2) is 99.5 Å². The third-order valence-electron chi connectivity index (χ3n) is 7.85. The van der Waals surface area contributed by atoms with E-state index in [2.05, 4.69) is 0 Å². The van der Waals surface area contributed by atoms with Gasteiger partial charge in [0.1, 0.15) is 18.0 Å². The second kappa shape index (κ2) is 14.9. The third kappa shape index (κ3) is 7.94. The molecule has 13 heteroatoms. The highest BCUT2D eigenvalue weighted by atomic mass is 16.8. The maximum absolute atomic E-state index is 14.1. The van der Waals surface area contributed by atoms with Crippen LogP contribution >= 0.6 is 0 Å². The number of hydrogen-bond acceptors (Lipinski definition) is 8. The first-order valence-corrected chi connectivity index (χ1v) is 14.8. The van der Waals surface area contributed by atoms with Crippen LogP contribution in [0.1, 0.15) is 30.4 Å². The Bertz CT molecular complexity index is 1580. The number of aryl methyl sites for hydroxylation is 1. The van der Waals surface area contributed by atoms with Gasteiger partial charge in [0.05, 0.1) is 0 Å². The quantitative estimate of drug-likeness (QED) is 0.219. The zero-order valence-electron chi connectivity index (χ0n) is 26.0. The van der Waals surface area contributed by atoms with Crippen molar-refractivity contribution >= 4 is 29.7 Å². The second-order valence-corrected chi connectivity index (χ2v) is 11.3. The summed E-state index contributed by atoms with van der Waals surface area (Å²) in [4.78, 5) is 65.2. The van der Waals surface area contributed by atoms with Crippen molar-refractivity contribution in [2.75, 3.05) is 20.6 Å². The Morgan fingerprint density at radius 1 is 0.809 bits per heavy atom. The van der Waals surface area contributed by atoms with E-state index < -0.39 is 66.2 Å². The number of carboxylic acids is 3. The van der Waals surface area contributed by atoms with Gasteiger partial charge in [-0.2, -0.15) is 0 Å². The number of carbonyl (C=O) groups is 5. The lowest BCUT2D eigenvalue weighted by atomic mass is 9.85. The Morgan fingerprint density at radius 2 is 1.36 bits per heavy atom. The Kier molecular flexibility index (Phi) is 11.0. The molecule has 0 bridgehead atoms. The van der Waals surface area contributed by atoms with Crippen LogP contribution in [0, 0.1) is 0 Å². The fourth-order valence-electron chi connectivity index (χ4n) is 5.47. The average Bonchev–Trinajstić information content (AvgIpc) is 3.47. The van der Waals surface area contributed by atoms with Crippen molar-refractivity contribution in [3.05, 3.63) is 96.1 Å². The van der Waals surface area contributed by atoms with Crippen LogP contribution in [0.5, 0.6) is 11.5 Å². The molecule has 0 aliphatic carbocycles. The summed E-state index contributed by atoms with van der Waals surface area (Å²) in [5.41, 5.74) is 1.73. The Morgan fingerprint density at radius 3 is 1.89 bits per heavy atom. The van der Waals surface area contributed by atoms with Gasteiger partial charge in [-0.15, -0.1) is 0 Å². The molecule has 0 aromatic heterocycles. The van der Waals surface area contributed by atoms with Crippen molar-refractivity contribution < 1.29 is 53.5 Å². The summed E-state index contributed by atoms with van der Waals surface area (Å²) < 4.78 is 16.4. The van der Waals surface area contributed by atoms with Crippen molar-refractivity contribution in [3.63, 3.8) is 0 Å². The van der Waals surface area contributed by atoms with Gasteiger partial charge < -0.3 is 39.3 Å². The molecule has 5 atom stereocenters. The fourth-order valence-corrected chi connectivity index (χ4v) is 5.47. The predicted molar refractivity (Wildman–Crippen MR) is 166 cm³/mol. The highest BCUT2D eigenvalue weighted by molar-refractivity contribution is 6.05. The van der Waals surface area contributed by atoms with Crippen LogP contribution in [-0.2, 0) is 39.9 Å². The summed E-state index contributed by atoms with van der Waals surface area (Å²) >= 11 is 0. The van der Waals surface area contributed by atoms with Crippen molar-refractivity contribution in [2.24, 2.45) is 0 Å². The van der Waals surface area contributed by atoms with E-state index in [1.807, 2.05) is 48.5 Å². The molecule has 0 radical (unpaired) electrons. The SMILES string of the molecule is C[C@H]([C@H](CCc1ccccc1)c1ccc(Oc2ccccc2)cc1)N(CC(=O)O)C(=O)[C@H]1OC(C(=O)O)(C(=O)N(C)C)O[C@@H]1C(=O)O. The van der Waals surface area contributed by atoms with Gasteiger partial charge in [0.2, 0.25) is 0 Å². The fraction of sp³-hybridized carbons (Fsp3) is 0.324. The molecule has 1 aliphatic heterocycles. The molecular formula is C34H36N2O11. The smallest absolute Gasteiger partial charge is 0.375 e. The summed E-state index contributed by atoms with van der Waals surface area (Å²) in [6, 6.07) is 24.9. The van der Waals surface area contributed by atoms with Gasteiger partial charge in [0, 0.05) is 26.1 Å². The third-order valence-corrected chi connectivity index (χ3v) is 7.85. The number of benzene rings is 3. The minimum Gasteiger partial charge on any atom is -0.480 e. The van der Waals surface area contributed by atoms with Gasteiger partial charge in [0.15, 0.2) is 12.2 Å². The Balaban J connectivity index is 1.70. The molecule has 47 heavy (non-hydrogen) atoms. The van der Waals surface area contributed by atoms with Gasteiger partial charge in [-0.05, 0) is 55.2 Å². The first kappa shape index (κ1) is 34.6. The molecule has 1 unspecified atom stereocenters. The van der Waals surface area contributed by atoms with Crippen LogP contribution in [0.15, 0.2) is 84.9 Å². The van der Waals surface area contributed by atoms with Gasteiger partial charge in [-0.1, -0.05) is 60.7 Å². The first-order valence-electron chi connectivity index (χ1n) is 14.8. The van der Waals surface area contributed by atoms with E-state index in [-0.39, 0.29) is 0 Å². The summed E-state index contributed by atoms with van der Waals surface area (Å²) in [5.74, 6) is -10.0. The second-order valence-electron chi connectivity index (χ2n) is 11.3. The molecule has 3 aromatic carbocycles. The van der Waals surface area contributed by atoms with E-state index in [1.165, 1.54) is 14.1 Å². The number of para-hydroxylation sites is 1. The lowest BCUT2D eigenvalue weighted by Gasteiger charge is -2.36. The molecule has 4 rings (SSSR count). The largest absolute Gasteiger partial charge is 0.480 e. The average molecular weight is 649 g/mol. The number of carboxylic acid groups (broad SMARTS) is 3. The van der Waals surface area contributed by atoms with Crippen LogP contribution < -0.4 is 4.74 Å². The lowest BCUT2D eigenvalue weighted by molar-refractivity contribution is -0.215.